The number of amides is 1. The predicted octanol–water partition coefficient (Wildman–Crippen LogP) is 3.27. The summed E-state index contributed by atoms with van der Waals surface area (Å²) in [5, 5.41) is 11.8. The Morgan fingerprint density at radius 3 is 2.44 bits per heavy atom. The summed E-state index contributed by atoms with van der Waals surface area (Å²) in [6, 6.07) is 11.8. The van der Waals surface area contributed by atoms with Gasteiger partial charge in [-0.2, -0.15) is 0 Å². The molecule has 2 N–H and O–H groups in total. The molecule has 2 atom stereocenters. The van der Waals surface area contributed by atoms with E-state index in [1.807, 2.05) is 0 Å². The van der Waals surface area contributed by atoms with Gasteiger partial charge >= 0.3 is 5.97 Å². The van der Waals surface area contributed by atoms with Crippen molar-refractivity contribution in [3.8, 4) is 5.75 Å². The molecule has 0 heterocycles. The number of carboxylic acid groups (broad SMARTS) is 1. The fraction of sp³-hybridized carbons (Fsp3) is 0.263. The summed E-state index contributed by atoms with van der Waals surface area (Å²) in [5.74, 6) is -1.65. The lowest BCUT2D eigenvalue weighted by atomic mass is 9.98. The Morgan fingerprint density at radius 1 is 1.16 bits per heavy atom. The average Bonchev–Trinajstić information content (AvgIpc) is 2.60. The second-order valence-electron chi connectivity index (χ2n) is 5.71. The third-order valence-corrected chi connectivity index (χ3v) is 3.95. The molecule has 0 saturated carbocycles. The minimum absolute atomic E-state index is 0.289. The number of rotatable bonds is 7. The summed E-state index contributed by atoms with van der Waals surface area (Å²) in [7, 11) is 1.54. The zero-order chi connectivity index (χ0) is 18.4. The molecule has 0 aromatic heterocycles. The Morgan fingerprint density at radius 2 is 1.84 bits per heavy atom. The van der Waals surface area contributed by atoms with Crippen LogP contribution >= 0.6 is 0 Å². The fourth-order valence-corrected chi connectivity index (χ4v) is 2.48. The first-order chi connectivity index (χ1) is 11.9. The van der Waals surface area contributed by atoms with Gasteiger partial charge in [0.2, 0.25) is 5.91 Å². The molecule has 132 valence electrons. The molecule has 0 bridgehead atoms. The molecule has 0 aliphatic rings. The quantitative estimate of drug-likeness (QED) is 0.807. The number of carbonyl (C=O) groups is 2. The number of benzene rings is 2. The maximum atomic E-state index is 13.1. The molecule has 0 spiro atoms. The summed E-state index contributed by atoms with van der Waals surface area (Å²) in [6.07, 6.45) is -0.289. The minimum Gasteiger partial charge on any atom is -0.497 e. The van der Waals surface area contributed by atoms with Crippen LogP contribution in [0, 0.1) is 5.82 Å². The van der Waals surface area contributed by atoms with E-state index in [1.54, 1.807) is 38.3 Å². The van der Waals surface area contributed by atoms with Gasteiger partial charge in [-0.25, -0.2) is 4.39 Å². The summed E-state index contributed by atoms with van der Waals surface area (Å²) in [5.41, 5.74) is 1.29. The SMILES string of the molecule is COc1cccc(C(C)C(=O)NC(CC(=O)O)c2ccc(F)cc2)c1. The maximum absolute atomic E-state index is 13.1. The van der Waals surface area contributed by atoms with Crippen LogP contribution in [0.5, 0.6) is 5.75 Å². The second-order valence-corrected chi connectivity index (χ2v) is 5.71. The Labute approximate surface area is 145 Å². The van der Waals surface area contributed by atoms with Crippen LogP contribution in [0.4, 0.5) is 4.39 Å². The lowest BCUT2D eigenvalue weighted by Crippen LogP contribution is -2.33. The van der Waals surface area contributed by atoms with E-state index >= 15 is 0 Å². The molecule has 0 radical (unpaired) electrons. The number of halogens is 1. The number of hydrogen-bond donors (Lipinski definition) is 2. The molecule has 0 saturated heterocycles. The van der Waals surface area contributed by atoms with Crippen LogP contribution in [0.1, 0.15) is 36.4 Å². The standard InChI is InChI=1S/C19H20FNO4/c1-12(14-4-3-5-16(10-14)25-2)19(24)21-17(11-18(22)23)13-6-8-15(20)9-7-13/h3-10,12,17H,11H2,1-2H3,(H,21,24)(H,22,23). The molecule has 0 fully saturated rings. The van der Waals surface area contributed by atoms with Crippen molar-refractivity contribution < 1.29 is 23.8 Å². The van der Waals surface area contributed by atoms with Gasteiger partial charge in [0.25, 0.3) is 0 Å². The predicted molar refractivity (Wildman–Crippen MR) is 90.9 cm³/mol. The topological polar surface area (TPSA) is 75.6 Å². The number of hydrogen-bond acceptors (Lipinski definition) is 3. The van der Waals surface area contributed by atoms with Crippen LogP contribution in [-0.2, 0) is 9.59 Å². The van der Waals surface area contributed by atoms with Crippen LogP contribution in [-0.4, -0.2) is 24.1 Å². The average molecular weight is 345 g/mol. The van der Waals surface area contributed by atoms with Crippen molar-refractivity contribution in [3.05, 3.63) is 65.5 Å². The van der Waals surface area contributed by atoms with E-state index in [-0.39, 0.29) is 12.3 Å². The number of carboxylic acids is 1. The van der Waals surface area contributed by atoms with E-state index in [1.165, 1.54) is 24.3 Å². The molecular weight excluding hydrogens is 325 g/mol. The van der Waals surface area contributed by atoms with Crippen molar-refractivity contribution in [2.75, 3.05) is 7.11 Å². The lowest BCUT2D eigenvalue weighted by molar-refractivity contribution is -0.137. The van der Waals surface area contributed by atoms with Crippen molar-refractivity contribution in [1.82, 2.24) is 5.32 Å². The van der Waals surface area contributed by atoms with Gasteiger partial charge in [0, 0.05) is 0 Å². The summed E-state index contributed by atoms with van der Waals surface area (Å²) in [4.78, 5) is 23.7. The summed E-state index contributed by atoms with van der Waals surface area (Å²) < 4.78 is 18.2. The molecular formula is C19H20FNO4. The number of ether oxygens (including phenoxy) is 1. The van der Waals surface area contributed by atoms with Crippen molar-refractivity contribution in [1.29, 1.82) is 0 Å². The van der Waals surface area contributed by atoms with Gasteiger partial charge in [-0.05, 0) is 42.3 Å². The molecule has 2 rings (SSSR count). The van der Waals surface area contributed by atoms with E-state index in [0.29, 0.717) is 11.3 Å². The van der Waals surface area contributed by atoms with E-state index in [0.717, 1.165) is 5.56 Å². The van der Waals surface area contributed by atoms with Gasteiger partial charge in [0.05, 0.1) is 25.5 Å². The van der Waals surface area contributed by atoms with Gasteiger partial charge in [0.1, 0.15) is 11.6 Å². The fourth-order valence-electron chi connectivity index (χ4n) is 2.48. The van der Waals surface area contributed by atoms with Gasteiger partial charge in [-0.3, -0.25) is 9.59 Å². The first kappa shape index (κ1) is 18.4. The highest BCUT2D eigenvalue weighted by Gasteiger charge is 2.22. The molecule has 2 aromatic carbocycles. The molecule has 1 amide bonds. The Kier molecular flexibility index (Phi) is 6.11. The monoisotopic (exact) mass is 345 g/mol. The highest BCUT2D eigenvalue weighted by Crippen LogP contribution is 2.23. The Hall–Kier alpha value is -2.89. The highest BCUT2D eigenvalue weighted by molar-refractivity contribution is 5.84. The maximum Gasteiger partial charge on any atom is 0.305 e. The van der Waals surface area contributed by atoms with Crippen LogP contribution in [0.25, 0.3) is 0 Å². The third kappa shape index (κ3) is 5.04. The van der Waals surface area contributed by atoms with Crippen LogP contribution in [0.15, 0.2) is 48.5 Å². The lowest BCUT2D eigenvalue weighted by Gasteiger charge is -2.20. The normalized spacial score (nSPS) is 12.9. The molecule has 2 unspecified atom stereocenters. The zero-order valence-electron chi connectivity index (χ0n) is 14.0. The van der Waals surface area contributed by atoms with E-state index in [4.69, 9.17) is 9.84 Å². The molecule has 0 aliphatic carbocycles. The van der Waals surface area contributed by atoms with Gasteiger partial charge in [-0.1, -0.05) is 24.3 Å². The van der Waals surface area contributed by atoms with Crippen LogP contribution < -0.4 is 10.1 Å². The number of carbonyl (C=O) groups excluding carboxylic acids is 1. The van der Waals surface area contributed by atoms with Crippen molar-refractivity contribution >= 4 is 11.9 Å². The van der Waals surface area contributed by atoms with Gasteiger partial charge < -0.3 is 15.2 Å². The molecule has 2 aromatic rings. The number of aliphatic carboxylic acids is 1. The van der Waals surface area contributed by atoms with Crippen molar-refractivity contribution in [2.24, 2.45) is 0 Å². The van der Waals surface area contributed by atoms with Gasteiger partial charge in [-0.15, -0.1) is 0 Å². The largest absolute Gasteiger partial charge is 0.497 e. The van der Waals surface area contributed by atoms with E-state index in [2.05, 4.69) is 5.32 Å². The van der Waals surface area contributed by atoms with Crippen LogP contribution in [0.2, 0.25) is 0 Å². The number of nitrogens with one attached hydrogen (secondary N) is 1. The van der Waals surface area contributed by atoms with Crippen molar-refractivity contribution in [2.45, 2.75) is 25.3 Å². The summed E-state index contributed by atoms with van der Waals surface area (Å²) in [6.45, 7) is 1.73. The number of methoxy groups -OCH3 is 1. The third-order valence-electron chi connectivity index (χ3n) is 3.95. The molecule has 6 heteroatoms. The Bertz CT molecular complexity index is 745. The van der Waals surface area contributed by atoms with Crippen LogP contribution in [0.3, 0.4) is 0 Å². The first-order valence-corrected chi connectivity index (χ1v) is 7.82. The smallest absolute Gasteiger partial charge is 0.305 e. The highest BCUT2D eigenvalue weighted by atomic mass is 19.1. The first-order valence-electron chi connectivity index (χ1n) is 7.82. The Balaban J connectivity index is 2.17. The second kappa shape index (κ2) is 8.28. The van der Waals surface area contributed by atoms with E-state index in [9.17, 15) is 14.0 Å². The van der Waals surface area contributed by atoms with Crippen molar-refractivity contribution in [3.63, 3.8) is 0 Å². The molecule has 25 heavy (non-hydrogen) atoms. The van der Waals surface area contributed by atoms with Gasteiger partial charge in [0.15, 0.2) is 0 Å². The zero-order valence-corrected chi connectivity index (χ0v) is 14.0. The summed E-state index contributed by atoms with van der Waals surface area (Å²) >= 11 is 0. The minimum atomic E-state index is -1.05. The molecule has 0 aliphatic heterocycles. The van der Waals surface area contributed by atoms with E-state index < -0.39 is 23.7 Å². The molecule has 5 nitrogen and oxygen atoms in total.